The summed E-state index contributed by atoms with van der Waals surface area (Å²) in [5, 5.41) is 0. The zero-order valence-electron chi connectivity index (χ0n) is 11.9. The lowest BCUT2D eigenvalue weighted by Crippen LogP contribution is -2.25. The van der Waals surface area contributed by atoms with Crippen molar-refractivity contribution in [2.24, 2.45) is 23.7 Å². The Morgan fingerprint density at radius 3 is 2.00 bits per heavy atom. The first kappa shape index (κ1) is 14.1. The van der Waals surface area contributed by atoms with Gasteiger partial charge in [0.2, 0.25) is 0 Å². The zero-order chi connectivity index (χ0) is 12.8. The Kier molecular flexibility index (Phi) is 5.72. The van der Waals surface area contributed by atoms with E-state index in [0.29, 0.717) is 6.33 Å². The van der Waals surface area contributed by atoms with E-state index in [0.717, 1.165) is 30.1 Å². The van der Waals surface area contributed by atoms with Crippen molar-refractivity contribution in [1.29, 1.82) is 0 Å². The molecule has 0 aromatic rings. The van der Waals surface area contributed by atoms with Crippen LogP contribution >= 0.6 is 0 Å². The first-order chi connectivity index (χ1) is 8.79. The molecule has 18 heavy (non-hydrogen) atoms. The fraction of sp³-hybridized carbons (Fsp3) is 0.882. The molecule has 2 saturated carbocycles. The molecule has 0 aromatic carbocycles. The van der Waals surface area contributed by atoms with Crippen LogP contribution in [0, 0.1) is 23.7 Å². The van der Waals surface area contributed by atoms with E-state index in [2.05, 4.69) is 6.92 Å². The van der Waals surface area contributed by atoms with Crippen LogP contribution in [0.2, 0.25) is 0 Å². The SMILES string of the molecule is CC1CCC(C2CCC(CC/C=C/F)CC2)CC1. The van der Waals surface area contributed by atoms with E-state index in [1.54, 1.807) is 6.08 Å². The van der Waals surface area contributed by atoms with E-state index in [9.17, 15) is 4.39 Å². The highest BCUT2D eigenvalue weighted by Gasteiger charge is 2.29. The second kappa shape index (κ2) is 7.31. The van der Waals surface area contributed by atoms with E-state index in [4.69, 9.17) is 0 Å². The Morgan fingerprint density at radius 1 is 0.889 bits per heavy atom. The summed E-state index contributed by atoms with van der Waals surface area (Å²) in [4.78, 5) is 0. The molecule has 2 rings (SSSR count). The van der Waals surface area contributed by atoms with Gasteiger partial charge < -0.3 is 0 Å². The molecule has 0 aliphatic heterocycles. The zero-order valence-corrected chi connectivity index (χ0v) is 11.9. The van der Waals surface area contributed by atoms with Crippen LogP contribution in [0.25, 0.3) is 0 Å². The molecule has 2 aliphatic carbocycles. The third kappa shape index (κ3) is 4.10. The van der Waals surface area contributed by atoms with Crippen molar-refractivity contribution in [2.75, 3.05) is 0 Å². The van der Waals surface area contributed by atoms with Crippen LogP contribution in [0.4, 0.5) is 4.39 Å². The average Bonchev–Trinajstić information content (AvgIpc) is 2.41. The lowest BCUT2D eigenvalue weighted by Gasteiger charge is -2.37. The van der Waals surface area contributed by atoms with Crippen molar-refractivity contribution in [3.63, 3.8) is 0 Å². The van der Waals surface area contributed by atoms with Crippen molar-refractivity contribution >= 4 is 0 Å². The fourth-order valence-electron chi connectivity index (χ4n) is 4.10. The molecule has 0 atom stereocenters. The maximum Gasteiger partial charge on any atom is 0.0827 e. The Bertz CT molecular complexity index is 242. The topological polar surface area (TPSA) is 0 Å². The second-order valence-electron chi connectivity index (χ2n) is 6.74. The van der Waals surface area contributed by atoms with Crippen LogP contribution in [0.3, 0.4) is 0 Å². The van der Waals surface area contributed by atoms with Gasteiger partial charge >= 0.3 is 0 Å². The number of hydrogen-bond donors (Lipinski definition) is 0. The number of rotatable bonds is 4. The van der Waals surface area contributed by atoms with Crippen LogP contribution in [0.1, 0.15) is 71.1 Å². The molecule has 104 valence electrons. The lowest BCUT2D eigenvalue weighted by atomic mass is 9.69. The van der Waals surface area contributed by atoms with Crippen molar-refractivity contribution < 1.29 is 4.39 Å². The third-order valence-corrected chi connectivity index (χ3v) is 5.45. The molecule has 0 saturated heterocycles. The molecule has 0 bridgehead atoms. The predicted octanol–water partition coefficient (Wildman–Crippen LogP) is 5.88. The minimum Gasteiger partial charge on any atom is -0.216 e. The van der Waals surface area contributed by atoms with E-state index < -0.39 is 0 Å². The maximum absolute atomic E-state index is 11.9. The van der Waals surface area contributed by atoms with E-state index in [1.165, 1.54) is 57.8 Å². The average molecular weight is 252 g/mol. The van der Waals surface area contributed by atoms with Gasteiger partial charge in [0.05, 0.1) is 6.33 Å². The first-order valence-electron chi connectivity index (χ1n) is 8.04. The highest BCUT2D eigenvalue weighted by Crippen LogP contribution is 2.42. The summed E-state index contributed by atoms with van der Waals surface area (Å²) >= 11 is 0. The van der Waals surface area contributed by atoms with Gasteiger partial charge in [-0.2, -0.15) is 0 Å². The fourth-order valence-corrected chi connectivity index (χ4v) is 4.10. The molecule has 0 nitrogen and oxygen atoms in total. The summed E-state index contributed by atoms with van der Waals surface area (Å²) in [5.41, 5.74) is 0. The normalized spacial score (nSPS) is 38.1. The largest absolute Gasteiger partial charge is 0.216 e. The Hall–Kier alpha value is -0.330. The summed E-state index contributed by atoms with van der Waals surface area (Å²) in [5.74, 6) is 3.91. The number of allylic oxidation sites excluding steroid dienone is 1. The monoisotopic (exact) mass is 252 g/mol. The summed E-state index contributed by atoms with van der Waals surface area (Å²) < 4.78 is 11.9. The standard InChI is InChI=1S/C17H29F/c1-14-5-9-16(10-6-14)17-11-7-15(8-12-17)4-2-3-13-18/h3,13-17H,2,4-12H2,1H3/b13-3+. The molecule has 2 aliphatic rings. The molecular formula is C17H29F. The molecule has 0 unspecified atom stereocenters. The predicted molar refractivity (Wildman–Crippen MR) is 76.1 cm³/mol. The van der Waals surface area contributed by atoms with Gasteiger partial charge in [-0.25, -0.2) is 4.39 Å². The summed E-state index contributed by atoms with van der Waals surface area (Å²) in [6.07, 6.45) is 16.1. The van der Waals surface area contributed by atoms with Crippen LogP contribution in [0.15, 0.2) is 12.4 Å². The highest BCUT2D eigenvalue weighted by atomic mass is 19.1. The molecular weight excluding hydrogens is 223 g/mol. The molecule has 1 heteroatoms. The minimum absolute atomic E-state index is 0.703. The van der Waals surface area contributed by atoms with Gasteiger partial charge in [0.1, 0.15) is 0 Å². The summed E-state index contributed by atoms with van der Waals surface area (Å²) in [6.45, 7) is 2.41. The molecule has 2 fully saturated rings. The molecule has 0 amide bonds. The van der Waals surface area contributed by atoms with Gasteiger partial charge in [-0.05, 0) is 62.2 Å². The smallest absolute Gasteiger partial charge is 0.0827 e. The van der Waals surface area contributed by atoms with Crippen LogP contribution in [-0.2, 0) is 0 Å². The first-order valence-corrected chi connectivity index (χ1v) is 8.04. The Balaban J connectivity index is 1.66. The molecule has 0 heterocycles. The van der Waals surface area contributed by atoms with Crippen LogP contribution in [-0.4, -0.2) is 0 Å². The van der Waals surface area contributed by atoms with E-state index in [1.807, 2.05) is 0 Å². The highest BCUT2D eigenvalue weighted by molar-refractivity contribution is 4.82. The lowest BCUT2D eigenvalue weighted by molar-refractivity contribution is 0.148. The van der Waals surface area contributed by atoms with E-state index >= 15 is 0 Å². The number of hydrogen-bond acceptors (Lipinski definition) is 0. The Morgan fingerprint density at radius 2 is 1.44 bits per heavy atom. The second-order valence-corrected chi connectivity index (χ2v) is 6.74. The minimum atomic E-state index is 0.703. The van der Waals surface area contributed by atoms with Gasteiger partial charge in [0.25, 0.3) is 0 Å². The molecule has 0 radical (unpaired) electrons. The summed E-state index contributed by atoms with van der Waals surface area (Å²) in [7, 11) is 0. The van der Waals surface area contributed by atoms with Crippen LogP contribution in [0.5, 0.6) is 0 Å². The third-order valence-electron chi connectivity index (χ3n) is 5.45. The van der Waals surface area contributed by atoms with Gasteiger partial charge in [0.15, 0.2) is 0 Å². The van der Waals surface area contributed by atoms with Crippen molar-refractivity contribution in [3.05, 3.63) is 12.4 Å². The Labute approximate surface area is 112 Å². The molecule has 0 spiro atoms. The van der Waals surface area contributed by atoms with E-state index in [-0.39, 0.29) is 0 Å². The van der Waals surface area contributed by atoms with Crippen LogP contribution < -0.4 is 0 Å². The van der Waals surface area contributed by atoms with Crippen molar-refractivity contribution in [1.82, 2.24) is 0 Å². The maximum atomic E-state index is 11.9. The molecule has 0 N–H and O–H groups in total. The van der Waals surface area contributed by atoms with Gasteiger partial charge in [0, 0.05) is 0 Å². The van der Waals surface area contributed by atoms with Gasteiger partial charge in [-0.3, -0.25) is 0 Å². The van der Waals surface area contributed by atoms with Gasteiger partial charge in [-0.1, -0.05) is 38.7 Å². The van der Waals surface area contributed by atoms with Gasteiger partial charge in [-0.15, -0.1) is 0 Å². The van der Waals surface area contributed by atoms with Crippen molar-refractivity contribution in [3.8, 4) is 0 Å². The summed E-state index contributed by atoms with van der Waals surface area (Å²) in [6, 6.07) is 0. The molecule has 0 aromatic heterocycles. The quantitative estimate of drug-likeness (QED) is 0.586. The van der Waals surface area contributed by atoms with Crippen molar-refractivity contribution in [2.45, 2.75) is 71.1 Å². The number of halogens is 1.